The van der Waals surface area contributed by atoms with Gasteiger partial charge in [0.05, 0.1) is 24.1 Å². The van der Waals surface area contributed by atoms with Crippen LogP contribution < -0.4 is 5.32 Å². The maximum atomic E-state index is 12.9. The van der Waals surface area contributed by atoms with Gasteiger partial charge >= 0.3 is 6.18 Å². The van der Waals surface area contributed by atoms with Crippen molar-refractivity contribution in [3.63, 3.8) is 0 Å². The number of hydrogen-bond acceptors (Lipinski definition) is 2. The fourth-order valence-electron chi connectivity index (χ4n) is 2.01. The molecule has 0 aliphatic carbocycles. The van der Waals surface area contributed by atoms with E-state index in [0.29, 0.717) is 6.54 Å². The van der Waals surface area contributed by atoms with Gasteiger partial charge in [0.2, 0.25) is 0 Å². The van der Waals surface area contributed by atoms with E-state index in [1.165, 1.54) is 12.1 Å². The van der Waals surface area contributed by atoms with E-state index in [0.717, 1.165) is 24.7 Å². The molecule has 0 amide bonds. The maximum absolute atomic E-state index is 12.9. The lowest BCUT2D eigenvalue weighted by Gasteiger charge is -2.15. The molecule has 6 heteroatoms. The summed E-state index contributed by atoms with van der Waals surface area (Å²) in [7, 11) is 0. The maximum Gasteiger partial charge on any atom is 0.418 e. The van der Waals surface area contributed by atoms with Crippen LogP contribution in [0.2, 0.25) is 0 Å². The normalized spacial score (nSPS) is 11.6. The van der Waals surface area contributed by atoms with Gasteiger partial charge in [-0.25, -0.2) is 4.98 Å². The smallest absolute Gasteiger partial charge is 0.379 e. The van der Waals surface area contributed by atoms with Gasteiger partial charge in [-0.2, -0.15) is 13.2 Å². The highest BCUT2D eigenvalue weighted by Crippen LogP contribution is 2.34. The molecule has 1 heterocycles. The van der Waals surface area contributed by atoms with Crippen molar-refractivity contribution in [1.82, 2.24) is 9.55 Å². The van der Waals surface area contributed by atoms with E-state index in [9.17, 15) is 13.2 Å². The molecular formula is C14H16F3N3. The first-order valence-electron chi connectivity index (χ1n) is 6.41. The van der Waals surface area contributed by atoms with Crippen LogP contribution in [0, 0.1) is 0 Å². The van der Waals surface area contributed by atoms with Gasteiger partial charge in [-0.15, -0.1) is 0 Å². The first kappa shape index (κ1) is 14.4. The molecule has 0 radical (unpaired) electrons. The Morgan fingerprint density at radius 1 is 1.25 bits per heavy atom. The van der Waals surface area contributed by atoms with Crippen molar-refractivity contribution in [3.8, 4) is 0 Å². The molecule has 20 heavy (non-hydrogen) atoms. The molecule has 0 bridgehead atoms. The van der Waals surface area contributed by atoms with Gasteiger partial charge in [-0.05, 0) is 18.6 Å². The van der Waals surface area contributed by atoms with Crippen molar-refractivity contribution >= 4 is 5.69 Å². The second-order valence-corrected chi connectivity index (χ2v) is 4.48. The summed E-state index contributed by atoms with van der Waals surface area (Å²) in [4.78, 5) is 4.02. The van der Waals surface area contributed by atoms with Crippen LogP contribution >= 0.6 is 0 Å². The molecule has 1 aromatic carbocycles. The van der Waals surface area contributed by atoms with Crippen LogP contribution in [0.15, 0.2) is 36.8 Å². The number of aromatic nitrogens is 2. The summed E-state index contributed by atoms with van der Waals surface area (Å²) in [6.07, 6.45) is -0.0508. The summed E-state index contributed by atoms with van der Waals surface area (Å²) in [6.45, 7) is 3.15. The molecule has 0 saturated carbocycles. The Kier molecular flexibility index (Phi) is 4.32. The molecule has 0 aliphatic rings. The predicted molar refractivity (Wildman–Crippen MR) is 71.3 cm³/mol. The quantitative estimate of drug-likeness (QED) is 0.901. The number of benzene rings is 1. The van der Waals surface area contributed by atoms with Crippen LogP contribution in [0.5, 0.6) is 0 Å². The number of rotatable bonds is 5. The van der Waals surface area contributed by atoms with Gasteiger partial charge in [0.1, 0.15) is 0 Å². The molecule has 0 spiro atoms. The van der Waals surface area contributed by atoms with E-state index in [-0.39, 0.29) is 5.69 Å². The number of nitrogens with one attached hydrogen (secondary N) is 1. The number of para-hydroxylation sites is 1. The third-order valence-corrected chi connectivity index (χ3v) is 2.96. The molecule has 1 N–H and O–H groups in total. The standard InChI is InChI=1S/C14H16F3N3/c1-2-7-20-10-18-8-11(20)9-19-13-6-4-3-5-12(13)14(15,16)17/h3-6,8,10,19H,2,7,9H2,1H3. The number of anilines is 1. The molecule has 2 rings (SSSR count). The Morgan fingerprint density at radius 2 is 2.00 bits per heavy atom. The molecule has 0 unspecified atom stereocenters. The van der Waals surface area contributed by atoms with E-state index in [1.54, 1.807) is 18.6 Å². The molecule has 1 aromatic heterocycles. The van der Waals surface area contributed by atoms with Gasteiger partial charge in [0.15, 0.2) is 0 Å². The summed E-state index contributed by atoms with van der Waals surface area (Å²) in [5, 5.41) is 2.84. The summed E-state index contributed by atoms with van der Waals surface area (Å²) in [5.41, 5.74) is 0.301. The van der Waals surface area contributed by atoms with Crippen molar-refractivity contribution < 1.29 is 13.2 Å². The lowest BCUT2D eigenvalue weighted by molar-refractivity contribution is -0.136. The first-order valence-corrected chi connectivity index (χ1v) is 6.41. The number of aryl methyl sites for hydroxylation is 1. The van der Waals surface area contributed by atoms with E-state index in [1.807, 2.05) is 11.5 Å². The fourth-order valence-corrected chi connectivity index (χ4v) is 2.01. The zero-order valence-electron chi connectivity index (χ0n) is 11.1. The highest BCUT2D eigenvalue weighted by atomic mass is 19.4. The first-order chi connectivity index (χ1) is 9.52. The number of imidazole rings is 1. The Morgan fingerprint density at radius 3 is 2.70 bits per heavy atom. The van der Waals surface area contributed by atoms with Crippen LogP contribution in [0.1, 0.15) is 24.6 Å². The van der Waals surface area contributed by atoms with E-state index >= 15 is 0 Å². The van der Waals surface area contributed by atoms with Crippen molar-refractivity contribution in [2.24, 2.45) is 0 Å². The molecule has 3 nitrogen and oxygen atoms in total. The zero-order valence-corrected chi connectivity index (χ0v) is 11.1. The molecule has 0 atom stereocenters. The molecular weight excluding hydrogens is 267 g/mol. The second kappa shape index (κ2) is 5.98. The van der Waals surface area contributed by atoms with E-state index in [2.05, 4.69) is 10.3 Å². The topological polar surface area (TPSA) is 29.9 Å². The summed E-state index contributed by atoms with van der Waals surface area (Å²) in [6, 6.07) is 5.48. The van der Waals surface area contributed by atoms with Crippen molar-refractivity contribution in [2.75, 3.05) is 5.32 Å². The molecule has 0 saturated heterocycles. The van der Waals surface area contributed by atoms with Gasteiger partial charge in [0.25, 0.3) is 0 Å². The molecule has 108 valence electrons. The van der Waals surface area contributed by atoms with Crippen molar-refractivity contribution in [3.05, 3.63) is 48.0 Å². The number of hydrogen-bond donors (Lipinski definition) is 1. The number of alkyl halides is 3. The Bertz CT molecular complexity index is 561. The van der Waals surface area contributed by atoms with Crippen molar-refractivity contribution in [1.29, 1.82) is 0 Å². The third-order valence-electron chi connectivity index (χ3n) is 2.96. The van der Waals surface area contributed by atoms with Gasteiger partial charge in [0, 0.05) is 18.4 Å². The lowest BCUT2D eigenvalue weighted by atomic mass is 10.1. The monoisotopic (exact) mass is 283 g/mol. The minimum absolute atomic E-state index is 0.0873. The average molecular weight is 283 g/mol. The van der Waals surface area contributed by atoms with Gasteiger partial charge in [-0.3, -0.25) is 0 Å². The largest absolute Gasteiger partial charge is 0.418 e. The van der Waals surface area contributed by atoms with E-state index < -0.39 is 11.7 Å². The minimum Gasteiger partial charge on any atom is -0.379 e. The lowest BCUT2D eigenvalue weighted by Crippen LogP contribution is -2.12. The molecule has 2 aromatic rings. The summed E-state index contributed by atoms with van der Waals surface area (Å²) in [5.74, 6) is 0. The minimum atomic E-state index is -4.35. The number of nitrogens with zero attached hydrogens (tertiary/aromatic N) is 2. The van der Waals surface area contributed by atoms with Gasteiger partial charge in [-0.1, -0.05) is 19.1 Å². The third kappa shape index (κ3) is 3.31. The Balaban J connectivity index is 2.13. The van der Waals surface area contributed by atoms with Crippen LogP contribution in [0.25, 0.3) is 0 Å². The highest BCUT2D eigenvalue weighted by molar-refractivity contribution is 5.52. The van der Waals surface area contributed by atoms with Crippen LogP contribution in [-0.4, -0.2) is 9.55 Å². The SMILES string of the molecule is CCCn1cncc1CNc1ccccc1C(F)(F)F. The fraction of sp³-hybridized carbons (Fsp3) is 0.357. The van der Waals surface area contributed by atoms with Crippen LogP contribution in [-0.2, 0) is 19.3 Å². The second-order valence-electron chi connectivity index (χ2n) is 4.48. The molecule has 0 fully saturated rings. The van der Waals surface area contributed by atoms with E-state index in [4.69, 9.17) is 0 Å². The average Bonchev–Trinajstić information content (AvgIpc) is 2.83. The highest BCUT2D eigenvalue weighted by Gasteiger charge is 2.33. The molecule has 0 aliphatic heterocycles. The van der Waals surface area contributed by atoms with Crippen LogP contribution in [0.4, 0.5) is 18.9 Å². The number of halogens is 3. The Labute approximate surface area is 115 Å². The van der Waals surface area contributed by atoms with Crippen LogP contribution in [0.3, 0.4) is 0 Å². The Hall–Kier alpha value is -1.98. The predicted octanol–water partition coefficient (Wildman–Crippen LogP) is 3.92. The zero-order chi connectivity index (χ0) is 14.6. The summed E-state index contributed by atoms with van der Waals surface area (Å²) < 4.78 is 40.5. The van der Waals surface area contributed by atoms with Crippen molar-refractivity contribution in [2.45, 2.75) is 32.6 Å². The van der Waals surface area contributed by atoms with Gasteiger partial charge < -0.3 is 9.88 Å². The summed E-state index contributed by atoms with van der Waals surface area (Å²) >= 11 is 0.